The highest BCUT2D eigenvalue weighted by atomic mass is 35.5. The number of esters is 1. The van der Waals surface area contributed by atoms with Crippen molar-refractivity contribution in [3.8, 4) is 16.2 Å². The number of nitrogens with one attached hydrogen (secondary N) is 1. The van der Waals surface area contributed by atoms with Gasteiger partial charge in [-0.1, -0.05) is 23.7 Å². The molecule has 0 amide bonds. The van der Waals surface area contributed by atoms with Crippen LogP contribution in [0.5, 0.6) is 5.75 Å². The lowest BCUT2D eigenvalue weighted by atomic mass is 10.1. The highest BCUT2D eigenvalue weighted by molar-refractivity contribution is 7.18. The van der Waals surface area contributed by atoms with E-state index >= 15 is 0 Å². The standard InChI is InChI=1S/C22H26ClNO6S/c1-22(2,3)30-16(25)12-29-18-17(23)19(31-20(18)21(26)27)13-5-4-6-15(11-13)24-14-7-9-28-10-8-14/h4-6,11,14,24H,7-10,12H2,1-3H3,(H,26,27). The molecule has 7 nitrogen and oxygen atoms in total. The van der Waals surface area contributed by atoms with Gasteiger partial charge in [-0.3, -0.25) is 0 Å². The average Bonchev–Trinajstić information content (AvgIpc) is 3.03. The first-order valence-electron chi connectivity index (χ1n) is 9.99. The van der Waals surface area contributed by atoms with Crippen LogP contribution in [0.15, 0.2) is 24.3 Å². The Bertz CT molecular complexity index is 946. The van der Waals surface area contributed by atoms with Gasteiger partial charge in [0.1, 0.15) is 10.6 Å². The van der Waals surface area contributed by atoms with Crippen molar-refractivity contribution in [2.75, 3.05) is 25.1 Å². The second kappa shape index (κ2) is 9.89. The monoisotopic (exact) mass is 467 g/mol. The first kappa shape index (κ1) is 23.4. The summed E-state index contributed by atoms with van der Waals surface area (Å²) < 4.78 is 16.1. The normalized spacial score (nSPS) is 14.8. The third kappa shape index (κ3) is 6.35. The number of ether oxygens (including phenoxy) is 3. The Morgan fingerprint density at radius 2 is 2.00 bits per heavy atom. The van der Waals surface area contributed by atoms with Gasteiger partial charge in [0.15, 0.2) is 17.2 Å². The summed E-state index contributed by atoms with van der Waals surface area (Å²) in [6.07, 6.45) is 1.85. The van der Waals surface area contributed by atoms with Gasteiger partial charge in [0, 0.05) is 24.9 Å². The van der Waals surface area contributed by atoms with Gasteiger partial charge in [-0.05, 0) is 51.3 Å². The molecule has 1 fully saturated rings. The fraction of sp³-hybridized carbons (Fsp3) is 0.455. The van der Waals surface area contributed by atoms with Crippen LogP contribution in [0, 0.1) is 0 Å². The molecule has 2 heterocycles. The van der Waals surface area contributed by atoms with E-state index in [2.05, 4.69) is 5.32 Å². The van der Waals surface area contributed by atoms with Gasteiger partial charge in [0.05, 0.1) is 4.88 Å². The number of benzene rings is 1. The molecule has 9 heteroatoms. The number of rotatable bonds is 7. The molecule has 1 aliphatic rings. The van der Waals surface area contributed by atoms with Crippen molar-refractivity contribution in [2.45, 2.75) is 45.3 Å². The van der Waals surface area contributed by atoms with Gasteiger partial charge in [0.2, 0.25) is 0 Å². The molecule has 0 radical (unpaired) electrons. The molecule has 1 aromatic carbocycles. The molecule has 1 saturated heterocycles. The SMILES string of the molecule is CC(C)(C)OC(=O)COc1c(C(=O)O)sc(-c2cccc(NC3CCOCC3)c2)c1Cl. The molecule has 0 unspecified atom stereocenters. The Morgan fingerprint density at radius 3 is 2.65 bits per heavy atom. The molecule has 1 aromatic heterocycles. The fourth-order valence-corrected chi connectivity index (χ4v) is 4.58. The number of anilines is 1. The molecule has 0 saturated carbocycles. The summed E-state index contributed by atoms with van der Waals surface area (Å²) in [6.45, 7) is 6.25. The molecule has 31 heavy (non-hydrogen) atoms. The number of hydrogen-bond donors (Lipinski definition) is 2. The predicted octanol–water partition coefficient (Wildman–Crippen LogP) is 5.08. The summed E-state index contributed by atoms with van der Waals surface area (Å²) in [5.74, 6) is -1.80. The van der Waals surface area contributed by atoms with Gasteiger partial charge in [-0.25, -0.2) is 9.59 Å². The largest absolute Gasteiger partial charge is 0.479 e. The Balaban J connectivity index is 1.82. The van der Waals surface area contributed by atoms with Gasteiger partial charge in [-0.15, -0.1) is 11.3 Å². The lowest BCUT2D eigenvalue weighted by molar-refractivity contribution is -0.157. The maximum Gasteiger partial charge on any atom is 0.349 e. The van der Waals surface area contributed by atoms with Crippen molar-refractivity contribution in [3.63, 3.8) is 0 Å². The number of aromatic carboxylic acids is 1. The van der Waals surface area contributed by atoms with Gasteiger partial charge >= 0.3 is 11.9 Å². The van der Waals surface area contributed by atoms with E-state index in [0.717, 1.165) is 48.6 Å². The zero-order valence-electron chi connectivity index (χ0n) is 17.7. The topological polar surface area (TPSA) is 94.1 Å². The third-order valence-electron chi connectivity index (χ3n) is 4.47. The third-order valence-corrected chi connectivity index (χ3v) is 6.16. The molecular weight excluding hydrogens is 442 g/mol. The lowest BCUT2D eigenvalue weighted by Crippen LogP contribution is -2.27. The van der Waals surface area contributed by atoms with E-state index in [1.165, 1.54) is 0 Å². The van der Waals surface area contributed by atoms with Crippen molar-refractivity contribution in [2.24, 2.45) is 0 Å². The zero-order valence-corrected chi connectivity index (χ0v) is 19.3. The van der Waals surface area contributed by atoms with Crippen LogP contribution >= 0.6 is 22.9 Å². The number of hydrogen-bond acceptors (Lipinski definition) is 7. The number of thiophene rings is 1. The van der Waals surface area contributed by atoms with E-state index in [0.29, 0.717) is 10.9 Å². The van der Waals surface area contributed by atoms with Crippen molar-refractivity contribution in [3.05, 3.63) is 34.2 Å². The number of carbonyl (C=O) groups is 2. The van der Waals surface area contributed by atoms with E-state index in [-0.39, 0.29) is 15.6 Å². The maximum absolute atomic E-state index is 12.0. The van der Waals surface area contributed by atoms with Crippen LogP contribution in [0.4, 0.5) is 5.69 Å². The van der Waals surface area contributed by atoms with Crippen molar-refractivity contribution < 1.29 is 28.9 Å². The van der Waals surface area contributed by atoms with Gasteiger partial charge < -0.3 is 24.6 Å². The first-order chi connectivity index (χ1) is 14.6. The van der Waals surface area contributed by atoms with Crippen molar-refractivity contribution in [1.82, 2.24) is 0 Å². The molecule has 2 N–H and O–H groups in total. The molecule has 168 valence electrons. The second-order valence-corrected chi connectivity index (χ2v) is 9.59. The highest BCUT2D eigenvalue weighted by Crippen LogP contribution is 2.46. The summed E-state index contributed by atoms with van der Waals surface area (Å²) in [6, 6.07) is 7.95. The van der Waals surface area contributed by atoms with E-state index in [1.54, 1.807) is 20.8 Å². The van der Waals surface area contributed by atoms with Crippen LogP contribution in [0.1, 0.15) is 43.3 Å². The minimum absolute atomic E-state index is 0.0252. The number of carbonyl (C=O) groups excluding carboxylic acids is 1. The van der Waals surface area contributed by atoms with E-state index in [4.69, 9.17) is 25.8 Å². The molecule has 0 aliphatic carbocycles. The number of halogens is 1. The maximum atomic E-state index is 12.0. The molecular formula is C22H26ClNO6S. The molecule has 0 atom stereocenters. The minimum Gasteiger partial charge on any atom is -0.479 e. The Labute approximate surface area is 190 Å². The summed E-state index contributed by atoms with van der Waals surface area (Å²) >= 11 is 7.51. The molecule has 2 aromatic rings. The Kier molecular flexibility index (Phi) is 7.46. The summed E-state index contributed by atoms with van der Waals surface area (Å²) in [5.41, 5.74) is 1.01. The van der Waals surface area contributed by atoms with Crippen LogP contribution in [0.2, 0.25) is 5.02 Å². The molecule has 3 rings (SSSR count). The van der Waals surface area contributed by atoms with E-state index in [1.807, 2.05) is 24.3 Å². The van der Waals surface area contributed by atoms with E-state index in [9.17, 15) is 14.7 Å². The summed E-state index contributed by atoms with van der Waals surface area (Å²) in [5, 5.41) is 13.3. The highest BCUT2D eigenvalue weighted by Gasteiger charge is 2.26. The van der Waals surface area contributed by atoms with Crippen molar-refractivity contribution in [1.29, 1.82) is 0 Å². The van der Waals surface area contributed by atoms with Crippen LogP contribution in [-0.4, -0.2) is 48.5 Å². The Morgan fingerprint density at radius 1 is 1.29 bits per heavy atom. The van der Waals surface area contributed by atoms with Crippen LogP contribution in [0.25, 0.3) is 10.4 Å². The smallest absolute Gasteiger partial charge is 0.349 e. The lowest BCUT2D eigenvalue weighted by Gasteiger charge is -2.24. The predicted molar refractivity (Wildman–Crippen MR) is 121 cm³/mol. The van der Waals surface area contributed by atoms with Crippen LogP contribution in [0.3, 0.4) is 0 Å². The quantitative estimate of drug-likeness (QED) is 0.548. The zero-order chi connectivity index (χ0) is 22.6. The van der Waals surface area contributed by atoms with E-state index < -0.39 is 24.1 Å². The Hall–Kier alpha value is -2.29. The van der Waals surface area contributed by atoms with Crippen molar-refractivity contribution >= 4 is 40.6 Å². The van der Waals surface area contributed by atoms with Gasteiger partial charge in [0.25, 0.3) is 0 Å². The fourth-order valence-electron chi connectivity index (χ4n) is 3.18. The van der Waals surface area contributed by atoms with Crippen LogP contribution < -0.4 is 10.1 Å². The average molecular weight is 468 g/mol. The minimum atomic E-state index is -1.17. The number of carboxylic acids is 1. The van der Waals surface area contributed by atoms with Crippen LogP contribution in [-0.2, 0) is 14.3 Å². The van der Waals surface area contributed by atoms with Gasteiger partial charge in [-0.2, -0.15) is 0 Å². The first-order valence-corrected chi connectivity index (χ1v) is 11.2. The molecule has 1 aliphatic heterocycles. The molecule has 0 spiro atoms. The summed E-state index contributed by atoms with van der Waals surface area (Å²) in [7, 11) is 0. The summed E-state index contributed by atoms with van der Waals surface area (Å²) in [4.78, 5) is 24.2. The number of carboxylic acid groups (broad SMARTS) is 1. The second-order valence-electron chi connectivity index (χ2n) is 8.20. The molecule has 0 bridgehead atoms.